The number of esters is 1. The van der Waals surface area contributed by atoms with Gasteiger partial charge in [-0.3, -0.25) is 0 Å². The number of carbonyl (C=O) groups is 1. The van der Waals surface area contributed by atoms with E-state index in [9.17, 15) is 4.79 Å². The SMILES string of the molecule is COC(=O)c1ccoc1CSc1nnc(C2CC2)n1C1CC1. The molecule has 2 aliphatic rings. The Labute approximate surface area is 132 Å². The molecule has 2 aromatic heterocycles. The minimum Gasteiger partial charge on any atom is -0.468 e. The van der Waals surface area contributed by atoms with Gasteiger partial charge in [-0.2, -0.15) is 0 Å². The van der Waals surface area contributed by atoms with Crippen molar-refractivity contribution in [3.05, 3.63) is 29.5 Å². The molecule has 4 rings (SSSR count). The predicted molar refractivity (Wildman–Crippen MR) is 79.9 cm³/mol. The Balaban J connectivity index is 1.52. The molecule has 116 valence electrons. The van der Waals surface area contributed by atoms with Crippen LogP contribution in [0.4, 0.5) is 0 Å². The molecule has 0 spiro atoms. The van der Waals surface area contributed by atoms with Crippen molar-refractivity contribution in [3.8, 4) is 0 Å². The van der Waals surface area contributed by atoms with Gasteiger partial charge < -0.3 is 13.7 Å². The third-order valence-corrected chi connectivity index (χ3v) is 4.97. The van der Waals surface area contributed by atoms with Crippen LogP contribution in [0.2, 0.25) is 0 Å². The van der Waals surface area contributed by atoms with E-state index in [0.29, 0.717) is 29.0 Å². The highest BCUT2D eigenvalue weighted by molar-refractivity contribution is 7.98. The maximum atomic E-state index is 11.7. The molecule has 0 aromatic carbocycles. The van der Waals surface area contributed by atoms with E-state index in [1.54, 1.807) is 17.8 Å². The van der Waals surface area contributed by atoms with Crippen molar-refractivity contribution in [2.24, 2.45) is 0 Å². The molecule has 22 heavy (non-hydrogen) atoms. The Morgan fingerprint density at radius 1 is 1.41 bits per heavy atom. The van der Waals surface area contributed by atoms with Gasteiger partial charge in [0, 0.05) is 12.0 Å². The van der Waals surface area contributed by atoms with Gasteiger partial charge >= 0.3 is 5.97 Å². The van der Waals surface area contributed by atoms with Crippen LogP contribution in [0, 0.1) is 0 Å². The number of carbonyl (C=O) groups excluding carboxylic acids is 1. The van der Waals surface area contributed by atoms with E-state index in [0.717, 1.165) is 11.0 Å². The molecule has 7 heteroatoms. The Morgan fingerprint density at radius 3 is 2.91 bits per heavy atom. The first-order valence-electron chi connectivity index (χ1n) is 7.50. The number of rotatable bonds is 6. The maximum Gasteiger partial charge on any atom is 0.341 e. The molecule has 2 aliphatic carbocycles. The fourth-order valence-corrected chi connectivity index (χ4v) is 3.52. The first kappa shape index (κ1) is 13.9. The topological polar surface area (TPSA) is 70.2 Å². The van der Waals surface area contributed by atoms with Gasteiger partial charge in [0.15, 0.2) is 5.16 Å². The molecular formula is C15H17N3O3S. The summed E-state index contributed by atoms with van der Waals surface area (Å²) in [4.78, 5) is 11.7. The minimum absolute atomic E-state index is 0.369. The molecule has 2 saturated carbocycles. The first-order valence-corrected chi connectivity index (χ1v) is 8.48. The zero-order chi connectivity index (χ0) is 15.1. The molecule has 0 N–H and O–H groups in total. The van der Waals surface area contributed by atoms with E-state index in [-0.39, 0.29) is 5.97 Å². The summed E-state index contributed by atoms with van der Waals surface area (Å²) in [6, 6.07) is 2.20. The van der Waals surface area contributed by atoms with Crippen molar-refractivity contribution in [2.75, 3.05) is 7.11 Å². The number of nitrogens with zero attached hydrogens (tertiary/aromatic N) is 3. The smallest absolute Gasteiger partial charge is 0.341 e. The van der Waals surface area contributed by atoms with Crippen LogP contribution in [0.3, 0.4) is 0 Å². The summed E-state index contributed by atoms with van der Waals surface area (Å²) in [5, 5.41) is 9.66. The van der Waals surface area contributed by atoms with Gasteiger partial charge in [0.25, 0.3) is 0 Å². The van der Waals surface area contributed by atoms with Crippen molar-refractivity contribution in [3.63, 3.8) is 0 Å². The second kappa shape index (κ2) is 5.46. The number of aromatic nitrogens is 3. The number of hydrogen-bond donors (Lipinski definition) is 0. The van der Waals surface area contributed by atoms with Crippen LogP contribution in [-0.2, 0) is 10.5 Å². The van der Waals surface area contributed by atoms with Crippen LogP contribution >= 0.6 is 11.8 Å². The van der Waals surface area contributed by atoms with E-state index in [2.05, 4.69) is 14.8 Å². The van der Waals surface area contributed by atoms with E-state index in [1.807, 2.05) is 0 Å². The highest BCUT2D eigenvalue weighted by atomic mass is 32.2. The standard InChI is InChI=1S/C15H17N3O3S/c1-20-14(19)11-6-7-21-12(11)8-22-15-17-16-13(9-2-3-9)18(15)10-4-5-10/h6-7,9-10H,2-5,8H2,1H3. The fourth-order valence-electron chi connectivity index (χ4n) is 2.56. The molecule has 0 aliphatic heterocycles. The summed E-state index contributed by atoms with van der Waals surface area (Å²) >= 11 is 1.57. The molecule has 0 bridgehead atoms. The lowest BCUT2D eigenvalue weighted by Crippen LogP contribution is -2.04. The average molecular weight is 319 g/mol. The zero-order valence-electron chi connectivity index (χ0n) is 12.3. The molecule has 0 radical (unpaired) electrons. The molecule has 6 nitrogen and oxygen atoms in total. The van der Waals surface area contributed by atoms with E-state index < -0.39 is 0 Å². The number of furan rings is 1. The van der Waals surface area contributed by atoms with Gasteiger partial charge in [0.05, 0.1) is 19.1 Å². The van der Waals surface area contributed by atoms with Gasteiger partial charge in [-0.25, -0.2) is 4.79 Å². The van der Waals surface area contributed by atoms with E-state index in [4.69, 9.17) is 9.15 Å². The second-order valence-corrected chi connectivity index (χ2v) is 6.70. The predicted octanol–water partition coefficient (Wildman–Crippen LogP) is 3.16. The van der Waals surface area contributed by atoms with Crippen LogP contribution in [0.5, 0.6) is 0 Å². The van der Waals surface area contributed by atoms with Gasteiger partial charge in [-0.15, -0.1) is 10.2 Å². The summed E-state index contributed by atoms with van der Waals surface area (Å²) in [5.41, 5.74) is 0.481. The molecule has 0 amide bonds. The minimum atomic E-state index is -0.369. The average Bonchev–Trinajstić information content (AvgIpc) is 3.46. The monoisotopic (exact) mass is 319 g/mol. The van der Waals surface area contributed by atoms with Gasteiger partial charge in [0.1, 0.15) is 17.1 Å². The Kier molecular flexibility index (Phi) is 3.44. The lowest BCUT2D eigenvalue weighted by molar-refractivity contribution is 0.0598. The molecule has 0 atom stereocenters. The van der Waals surface area contributed by atoms with Crippen molar-refractivity contribution in [2.45, 2.75) is 48.6 Å². The number of methoxy groups -OCH3 is 1. The third kappa shape index (κ3) is 2.54. The van der Waals surface area contributed by atoms with Gasteiger partial charge in [0.2, 0.25) is 0 Å². The molecule has 2 aromatic rings. The number of hydrogen-bond acceptors (Lipinski definition) is 6. The summed E-state index contributed by atoms with van der Waals surface area (Å²) in [5.74, 6) is 2.53. The summed E-state index contributed by atoms with van der Waals surface area (Å²) < 4.78 is 12.5. The van der Waals surface area contributed by atoms with Crippen LogP contribution in [0.1, 0.15) is 59.6 Å². The molecular weight excluding hydrogens is 302 g/mol. The van der Waals surface area contributed by atoms with Gasteiger partial charge in [-0.1, -0.05) is 11.8 Å². The summed E-state index contributed by atoms with van der Waals surface area (Å²) in [7, 11) is 1.37. The van der Waals surface area contributed by atoms with Crippen LogP contribution < -0.4 is 0 Å². The third-order valence-electron chi connectivity index (χ3n) is 4.03. The summed E-state index contributed by atoms with van der Waals surface area (Å²) in [6.45, 7) is 0. The van der Waals surface area contributed by atoms with Crippen LogP contribution in [-0.4, -0.2) is 27.8 Å². The largest absolute Gasteiger partial charge is 0.468 e. The second-order valence-electron chi connectivity index (χ2n) is 5.75. The lowest BCUT2D eigenvalue weighted by atomic mass is 10.3. The fraction of sp³-hybridized carbons (Fsp3) is 0.533. The zero-order valence-corrected chi connectivity index (χ0v) is 13.1. The maximum absolute atomic E-state index is 11.7. The van der Waals surface area contributed by atoms with Crippen molar-refractivity contribution in [1.82, 2.24) is 14.8 Å². The van der Waals surface area contributed by atoms with Crippen LogP contribution in [0.25, 0.3) is 0 Å². The molecule has 2 fully saturated rings. The molecule has 0 saturated heterocycles. The number of thioether (sulfide) groups is 1. The Morgan fingerprint density at radius 2 is 2.23 bits per heavy atom. The van der Waals surface area contributed by atoms with Crippen LogP contribution in [0.15, 0.2) is 21.9 Å². The Bertz CT molecular complexity index is 701. The van der Waals surface area contributed by atoms with Crippen molar-refractivity contribution >= 4 is 17.7 Å². The van der Waals surface area contributed by atoms with Crippen molar-refractivity contribution < 1.29 is 13.9 Å². The normalized spacial score (nSPS) is 17.7. The number of ether oxygens (including phenoxy) is 1. The van der Waals surface area contributed by atoms with E-state index >= 15 is 0 Å². The highest BCUT2D eigenvalue weighted by Gasteiger charge is 2.36. The molecule has 2 heterocycles. The van der Waals surface area contributed by atoms with E-state index in [1.165, 1.54) is 39.1 Å². The summed E-state index contributed by atoms with van der Waals surface area (Å²) in [6.07, 6.45) is 6.38. The van der Waals surface area contributed by atoms with Crippen molar-refractivity contribution in [1.29, 1.82) is 0 Å². The first-order chi connectivity index (χ1) is 10.8. The lowest BCUT2D eigenvalue weighted by Gasteiger charge is -2.07. The quantitative estimate of drug-likeness (QED) is 0.601. The highest BCUT2D eigenvalue weighted by Crippen LogP contribution is 2.46. The van der Waals surface area contributed by atoms with Gasteiger partial charge in [-0.05, 0) is 31.7 Å². The molecule has 0 unspecified atom stereocenters. The Hall–Kier alpha value is -1.76.